The molecule has 1 unspecified atom stereocenters. The number of aromatic nitrogens is 2. The highest BCUT2D eigenvalue weighted by Crippen LogP contribution is 2.38. The second kappa shape index (κ2) is 5.12. The van der Waals surface area contributed by atoms with E-state index in [0.29, 0.717) is 29.9 Å². The molecule has 0 bridgehead atoms. The molecule has 1 aromatic heterocycles. The molecule has 1 aliphatic carbocycles. The number of nitrogens with zero attached hydrogens (tertiary/aromatic N) is 2. The van der Waals surface area contributed by atoms with E-state index in [2.05, 4.69) is 55.4 Å². The summed E-state index contributed by atoms with van der Waals surface area (Å²) in [6.45, 7) is 11.6. The van der Waals surface area contributed by atoms with Crippen molar-refractivity contribution in [3.05, 3.63) is 5.89 Å². The molecule has 1 saturated carbocycles. The summed E-state index contributed by atoms with van der Waals surface area (Å²) in [5.41, 5.74) is 0.478. The molecule has 0 saturated heterocycles. The predicted octanol–water partition coefficient (Wildman–Crippen LogP) is 2.95. The summed E-state index contributed by atoms with van der Waals surface area (Å²) in [5, 5.41) is 14.8. The third-order valence-corrected chi connectivity index (χ3v) is 3.53. The van der Waals surface area contributed by atoms with Crippen LogP contribution in [0.15, 0.2) is 4.42 Å². The Morgan fingerprint density at radius 3 is 2.63 bits per heavy atom. The van der Waals surface area contributed by atoms with Crippen LogP contribution in [0.5, 0.6) is 0 Å². The SMILES string of the molecule is CC1(C)CCC(Nc2nnc(CNC(C)(C)C)o2)C1. The van der Waals surface area contributed by atoms with Crippen LogP contribution in [-0.2, 0) is 6.54 Å². The first-order valence-electron chi connectivity index (χ1n) is 7.07. The van der Waals surface area contributed by atoms with Crippen LogP contribution in [0.25, 0.3) is 0 Å². The van der Waals surface area contributed by atoms with Crippen LogP contribution < -0.4 is 10.6 Å². The van der Waals surface area contributed by atoms with Gasteiger partial charge in [0.25, 0.3) is 0 Å². The maximum atomic E-state index is 5.61. The average Bonchev–Trinajstić information content (AvgIpc) is 2.82. The quantitative estimate of drug-likeness (QED) is 0.877. The van der Waals surface area contributed by atoms with E-state index in [0.717, 1.165) is 6.42 Å². The Labute approximate surface area is 115 Å². The third-order valence-electron chi connectivity index (χ3n) is 3.53. The molecule has 1 aliphatic rings. The van der Waals surface area contributed by atoms with Gasteiger partial charge in [-0.3, -0.25) is 0 Å². The van der Waals surface area contributed by atoms with Gasteiger partial charge in [0.05, 0.1) is 6.54 Å². The molecule has 1 aromatic rings. The van der Waals surface area contributed by atoms with Gasteiger partial charge in [-0.25, -0.2) is 0 Å². The number of hydrogen-bond donors (Lipinski definition) is 2. The van der Waals surface area contributed by atoms with E-state index in [9.17, 15) is 0 Å². The first-order chi connectivity index (χ1) is 8.73. The average molecular weight is 266 g/mol. The van der Waals surface area contributed by atoms with E-state index in [1.54, 1.807) is 0 Å². The van der Waals surface area contributed by atoms with Crippen LogP contribution in [0.1, 0.15) is 59.8 Å². The molecule has 0 aromatic carbocycles. The van der Waals surface area contributed by atoms with Crippen molar-refractivity contribution < 1.29 is 4.42 Å². The van der Waals surface area contributed by atoms with E-state index < -0.39 is 0 Å². The lowest BCUT2D eigenvalue weighted by atomic mass is 9.92. The normalized spacial score (nSPS) is 22.7. The Balaban J connectivity index is 1.84. The standard InChI is InChI=1S/C14H26N4O/c1-13(2,3)15-9-11-17-18-12(19-11)16-10-6-7-14(4,5)8-10/h10,15H,6-9H2,1-5H3,(H,16,18). The highest BCUT2D eigenvalue weighted by atomic mass is 16.4. The molecule has 1 heterocycles. The van der Waals surface area contributed by atoms with Gasteiger partial charge in [-0.15, -0.1) is 5.10 Å². The highest BCUT2D eigenvalue weighted by molar-refractivity contribution is 5.20. The second-order valence-electron chi connectivity index (χ2n) is 7.35. The van der Waals surface area contributed by atoms with Crippen molar-refractivity contribution in [2.45, 2.75) is 72.0 Å². The molecule has 5 heteroatoms. The monoisotopic (exact) mass is 266 g/mol. The van der Waals surface area contributed by atoms with Gasteiger partial charge in [0.1, 0.15) is 0 Å². The third kappa shape index (κ3) is 4.49. The summed E-state index contributed by atoms with van der Waals surface area (Å²) < 4.78 is 5.61. The van der Waals surface area contributed by atoms with Crippen molar-refractivity contribution in [3.63, 3.8) is 0 Å². The first-order valence-corrected chi connectivity index (χ1v) is 7.07. The number of rotatable bonds is 4. The minimum Gasteiger partial charge on any atom is -0.407 e. The van der Waals surface area contributed by atoms with E-state index >= 15 is 0 Å². The minimum absolute atomic E-state index is 0.0531. The Morgan fingerprint density at radius 1 is 1.32 bits per heavy atom. The zero-order valence-electron chi connectivity index (χ0n) is 12.7. The Hall–Kier alpha value is -1.10. The smallest absolute Gasteiger partial charge is 0.315 e. The zero-order valence-corrected chi connectivity index (χ0v) is 12.7. The Morgan fingerprint density at radius 2 is 2.05 bits per heavy atom. The predicted molar refractivity (Wildman–Crippen MR) is 75.9 cm³/mol. The van der Waals surface area contributed by atoms with E-state index in [-0.39, 0.29) is 5.54 Å². The van der Waals surface area contributed by atoms with Gasteiger partial charge in [0, 0.05) is 11.6 Å². The fourth-order valence-electron chi connectivity index (χ4n) is 2.46. The summed E-state index contributed by atoms with van der Waals surface area (Å²) in [4.78, 5) is 0. The van der Waals surface area contributed by atoms with Gasteiger partial charge in [-0.2, -0.15) is 0 Å². The number of anilines is 1. The first kappa shape index (κ1) is 14.3. The lowest BCUT2D eigenvalue weighted by Gasteiger charge is -2.18. The van der Waals surface area contributed by atoms with Gasteiger partial charge in [0.15, 0.2) is 0 Å². The molecule has 0 amide bonds. The minimum atomic E-state index is 0.0531. The molecule has 108 valence electrons. The summed E-state index contributed by atoms with van der Waals surface area (Å²) in [5.74, 6) is 0.634. The number of hydrogen-bond acceptors (Lipinski definition) is 5. The molecule has 2 rings (SSSR count). The molecule has 1 atom stereocenters. The Kier molecular flexibility index (Phi) is 3.85. The van der Waals surface area contributed by atoms with Gasteiger partial charge < -0.3 is 15.1 Å². The van der Waals surface area contributed by atoms with Crippen molar-refractivity contribution in [2.24, 2.45) is 5.41 Å². The lowest BCUT2D eigenvalue weighted by Crippen LogP contribution is -2.35. The second-order valence-corrected chi connectivity index (χ2v) is 7.35. The van der Waals surface area contributed by atoms with E-state index in [4.69, 9.17) is 4.42 Å². The molecule has 5 nitrogen and oxygen atoms in total. The summed E-state index contributed by atoms with van der Waals surface area (Å²) >= 11 is 0. The Bertz CT molecular complexity index is 419. The van der Waals surface area contributed by atoms with Gasteiger partial charge in [-0.05, 0) is 45.4 Å². The number of nitrogens with one attached hydrogen (secondary N) is 2. The van der Waals surface area contributed by atoms with Crippen LogP contribution in [0.3, 0.4) is 0 Å². The molecule has 0 spiro atoms. The van der Waals surface area contributed by atoms with Crippen molar-refractivity contribution in [1.82, 2.24) is 15.5 Å². The van der Waals surface area contributed by atoms with Crippen LogP contribution in [-0.4, -0.2) is 21.8 Å². The molecule has 1 fully saturated rings. The summed E-state index contributed by atoms with van der Waals surface area (Å²) in [6.07, 6.45) is 3.58. The van der Waals surface area contributed by atoms with Gasteiger partial charge >= 0.3 is 6.01 Å². The highest BCUT2D eigenvalue weighted by Gasteiger charge is 2.31. The topological polar surface area (TPSA) is 63.0 Å². The van der Waals surface area contributed by atoms with Crippen LogP contribution in [0.2, 0.25) is 0 Å². The van der Waals surface area contributed by atoms with Crippen molar-refractivity contribution in [3.8, 4) is 0 Å². The molecule has 19 heavy (non-hydrogen) atoms. The van der Waals surface area contributed by atoms with E-state index in [1.165, 1.54) is 12.8 Å². The summed E-state index contributed by atoms with van der Waals surface area (Å²) in [6, 6.07) is 1.01. The lowest BCUT2D eigenvalue weighted by molar-refractivity contribution is 0.374. The van der Waals surface area contributed by atoms with Crippen molar-refractivity contribution in [2.75, 3.05) is 5.32 Å². The fraction of sp³-hybridized carbons (Fsp3) is 0.857. The van der Waals surface area contributed by atoms with Gasteiger partial charge in [0.2, 0.25) is 5.89 Å². The molecule has 2 N–H and O–H groups in total. The largest absolute Gasteiger partial charge is 0.407 e. The fourth-order valence-corrected chi connectivity index (χ4v) is 2.46. The summed E-state index contributed by atoms with van der Waals surface area (Å²) in [7, 11) is 0. The molecule has 0 radical (unpaired) electrons. The van der Waals surface area contributed by atoms with Crippen LogP contribution in [0, 0.1) is 5.41 Å². The van der Waals surface area contributed by atoms with Gasteiger partial charge in [-0.1, -0.05) is 18.9 Å². The maximum Gasteiger partial charge on any atom is 0.315 e. The van der Waals surface area contributed by atoms with Crippen LogP contribution in [0.4, 0.5) is 6.01 Å². The zero-order chi connectivity index (χ0) is 14.1. The van der Waals surface area contributed by atoms with Crippen LogP contribution >= 0.6 is 0 Å². The molecular formula is C14H26N4O. The molecule has 0 aliphatic heterocycles. The maximum absolute atomic E-state index is 5.61. The van der Waals surface area contributed by atoms with Crippen molar-refractivity contribution in [1.29, 1.82) is 0 Å². The molecular weight excluding hydrogens is 240 g/mol. The van der Waals surface area contributed by atoms with Crippen molar-refractivity contribution >= 4 is 6.01 Å². The van der Waals surface area contributed by atoms with E-state index in [1.807, 2.05) is 0 Å².